The maximum atomic E-state index is 12.4. The van der Waals surface area contributed by atoms with Gasteiger partial charge < -0.3 is 9.64 Å². The Bertz CT molecular complexity index is 721. The number of ether oxygens (including phenoxy) is 1. The Morgan fingerprint density at radius 3 is 2.83 bits per heavy atom. The summed E-state index contributed by atoms with van der Waals surface area (Å²) in [6, 6.07) is 9.52. The van der Waals surface area contributed by atoms with Crippen LogP contribution < -0.4 is 4.74 Å². The van der Waals surface area contributed by atoms with Gasteiger partial charge in [0.1, 0.15) is 6.10 Å². The average Bonchev–Trinajstić information content (AvgIpc) is 2.62. The Morgan fingerprint density at radius 1 is 1.25 bits per heavy atom. The molecule has 0 aliphatic carbocycles. The lowest BCUT2D eigenvalue weighted by Crippen LogP contribution is -2.43. The largest absolute Gasteiger partial charge is 0.458 e. The highest BCUT2D eigenvalue weighted by Crippen LogP contribution is 2.18. The normalized spacial score (nSPS) is 17.9. The molecule has 0 N–H and O–H groups in total. The van der Waals surface area contributed by atoms with E-state index < -0.39 is 0 Å². The Balaban J connectivity index is 1.60. The average molecular weight is 344 g/mol. The predicted molar refractivity (Wildman–Crippen MR) is 92.7 cm³/mol. The van der Waals surface area contributed by atoms with Gasteiger partial charge in [-0.1, -0.05) is 29.8 Å². The zero-order valence-electron chi connectivity index (χ0n) is 13.1. The van der Waals surface area contributed by atoms with Crippen LogP contribution in [0.2, 0.25) is 5.02 Å². The summed E-state index contributed by atoms with van der Waals surface area (Å²) in [6.45, 7) is 1.26. The van der Waals surface area contributed by atoms with Crippen molar-refractivity contribution in [2.45, 2.75) is 18.9 Å². The Hall–Kier alpha value is -2.40. The van der Waals surface area contributed by atoms with Gasteiger partial charge in [-0.15, -0.1) is 0 Å². The third kappa shape index (κ3) is 4.32. The molecule has 1 aliphatic heterocycles. The van der Waals surface area contributed by atoms with Crippen molar-refractivity contribution in [2.75, 3.05) is 13.1 Å². The van der Waals surface area contributed by atoms with Crippen molar-refractivity contribution < 1.29 is 9.53 Å². The van der Waals surface area contributed by atoms with E-state index in [1.165, 1.54) is 0 Å². The van der Waals surface area contributed by atoms with E-state index in [-0.39, 0.29) is 12.0 Å². The van der Waals surface area contributed by atoms with E-state index in [0.29, 0.717) is 17.6 Å². The van der Waals surface area contributed by atoms with E-state index in [0.717, 1.165) is 24.9 Å². The van der Waals surface area contributed by atoms with Gasteiger partial charge in [-0.3, -0.25) is 4.79 Å². The van der Waals surface area contributed by atoms with Crippen molar-refractivity contribution in [1.29, 1.82) is 0 Å². The van der Waals surface area contributed by atoms with Gasteiger partial charge >= 0.3 is 6.01 Å². The van der Waals surface area contributed by atoms with Crippen molar-refractivity contribution in [2.24, 2.45) is 0 Å². The van der Waals surface area contributed by atoms with Crippen molar-refractivity contribution in [1.82, 2.24) is 14.9 Å². The molecular weight excluding hydrogens is 326 g/mol. The number of hydrogen-bond acceptors (Lipinski definition) is 4. The van der Waals surface area contributed by atoms with Crippen molar-refractivity contribution in [3.8, 4) is 6.01 Å². The summed E-state index contributed by atoms with van der Waals surface area (Å²) in [7, 11) is 0. The number of amides is 1. The number of likely N-dealkylation sites (tertiary alicyclic amines) is 1. The quantitative estimate of drug-likeness (QED) is 0.800. The molecule has 24 heavy (non-hydrogen) atoms. The maximum absolute atomic E-state index is 12.4. The van der Waals surface area contributed by atoms with Gasteiger partial charge in [0.2, 0.25) is 5.91 Å². The zero-order chi connectivity index (χ0) is 16.8. The number of piperidine rings is 1. The molecule has 1 aromatic carbocycles. The highest BCUT2D eigenvalue weighted by Gasteiger charge is 2.24. The van der Waals surface area contributed by atoms with Crippen LogP contribution >= 0.6 is 11.6 Å². The molecule has 0 radical (unpaired) electrons. The maximum Gasteiger partial charge on any atom is 0.316 e. The minimum absolute atomic E-state index is 0.0443. The van der Waals surface area contributed by atoms with Crippen molar-refractivity contribution in [3.05, 3.63) is 59.4 Å². The van der Waals surface area contributed by atoms with Crippen LogP contribution in [0.1, 0.15) is 18.4 Å². The molecule has 1 amide bonds. The minimum Gasteiger partial charge on any atom is -0.458 e. The minimum atomic E-state index is -0.0844. The zero-order valence-corrected chi connectivity index (χ0v) is 13.9. The second-order valence-corrected chi connectivity index (χ2v) is 5.96. The first kappa shape index (κ1) is 16.5. The van der Waals surface area contributed by atoms with Gasteiger partial charge in [0, 0.05) is 30.0 Å². The molecule has 6 heteroatoms. The Labute approximate surface area is 145 Å². The molecule has 1 fully saturated rings. The third-order valence-corrected chi connectivity index (χ3v) is 4.16. The SMILES string of the molecule is O=C(C=Cc1ccccc1Cl)N1CCCC(Oc2ncccn2)C1. The molecule has 1 aromatic heterocycles. The first-order chi connectivity index (χ1) is 11.7. The van der Waals surface area contributed by atoms with Gasteiger partial charge in [-0.2, -0.15) is 0 Å². The fourth-order valence-corrected chi connectivity index (χ4v) is 2.81. The van der Waals surface area contributed by atoms with Crippen LogP contribution in [0.25, 0.3) is 6.08 Å². The molecule has 3 rings (SSSR count). The fraction of sp³-hybridized carbons (Fsp3) is 0.278. The highest BCUT2D eigenvalue weighted by atomic mass is 35.5. The summed E-state index contributed by atoms with van der Waals surface area (Å²) in [5, 5.41) is 0.627. The molecule has 1 atom stereocenters. The van der Waals surface area contributed by atoms with Crippen LogP contribution in [-0.2, 0) is 4.79 Å². The molecule has 0 saturated carbocycles. The summed E-state index contributed by atoms with van der Waals surface area (Å²) in [4.78, 5) is 22.3. The van der Waals surface area contributed by atoms with Gasteiger partial charge in [-0.05, 0) is 36.6 Å². The standard InChI is InChI=1S/C18H18ClN3O2/c19-16-7-2-1-5-14(16)8-9-17(23)22-12-3-6-15(13-22)24-18-20-10-4-11-21-18/h1-2,4-5,7-11,15H,3,6,12-13H2. The number of halogens is 1. The molecule has 124 valence electrons. The number of aromatic nitrogens is 2. The second-order valence-electron chi connectivity index (χ2n) is 5.55. The monoisotopic (exact) mass is 343 g/mol. The van der Waals surface area contributed by atoms with Crippen molar-refractivity contribution in [3.63, 3.8) is 0 Å². The van der Waals surface area contributed by atoms with E-state index in [9.17, 15) is 4.79 Å². The third-order valence-electron chi connectivity index (χ3n) is 3.81. The van der Waals surface area contributed by atoms with Gasteiger partial charge in [-0.25, -0.2) is 9.97 Å². The highest BCUT2D eigenvalue weighted by molar-refractivity contribution is 6.32. The number of hydrogen-bond donors (Lipinski definition) is 0. The van der Waals surface area contributed by atoms with Gasteiger partial charge in [0.05, 0.1) is 6.54 Å². The lowest BCUT2D eigenvalue weighted by atomic mass is 10.1. The molecule has 1 unspecified atom stereocenters. The van der Waals surface area contributed by atoms with E-state index in [2.05, 4.69) is 9.97 Å². The molecule has 5 nitrogen and oxygen atoms in total. The summed E-state index contributed by atoms with van der Waals surface area (Å²) in [6.07, 6.45) is 8.28. The number of carbonyl (C=O) groups is 1. The number of carbonyl (C=O) groups excluding carboxylic acids is 1. The first-order valence-corrected chi connectivity index (χ1v) is 8.25. The first-order valence-electron chi connectivity index (χ1n) is 7.87. The molecule has 0 bridgehead atoms. The molecular formula is C18H18ClN3O2. The van der Waals surface area contributed by atoms with E-state index in [1.807, 2.05) is 18.2 Å². The lowest BCUT2D eigenvalue weighted by Gasteiger charge is -2.31. The fourth-order valence-electron chi connectivity index (χ4n) is 2.61. The van der Waals surface area contributed by atoms with Crippen LogP contribution in [0.3, 0.4) is 0 Å². The number of rotatable bonds is 4. The Kier molecular flexibility index (Phi) is 5.43. The van der Waals surface area contributed by atoms with Crippen LogP contribution in [0, 0.1) is 0 Å². The second kappa shape index (κ2) is 7.93. The van der Waals surface area contributed by atoms with E-state index in [1.54, 1.807) is 41.6 Å². The van der Waals surface area contributed by atoms with E-state index >= 15 is 0 Å². The van der Waals surface area contributed by atoms with Gasteiger partial charge in [0.25, 0.3) is 0 Å². The summed E-state index contributed by atoms with van der Waals surface area (Å²) < 4.78 is 5.76. The summed E-state index contributed by atoms with van der Waals surface area (Å²) >= 11 is 6.10. The smallest absolute Gasteiger partial charge is 0.316 e. The predicted octanol–water partition coefficient (Wildman–Crippen LogP) is 3.21. The van der Waals surface area contributed by atoms with Crippen LogP contribution in [0.15, 0.2) is 48.8 Å². The van der Waals surface area contributed by atoms with Gasteiger partial charge in [0.15, 0.2) is 0 Å². The molecule has 1 saturated heterocycles. The molecule has 2 aromatic rings. The van der Waals surface area contributed by atoms with Crippen LogP contribution in [0.5, 0.6) is 6.01 Å². The topological polar surface area (TPSA) is 55.3 Å². The van der Waals surface area contributed by atoms with Crippen molar-refractivity contribution >= 4 is 23.6 Å². The van der Waals surface area contributed by atoms with E-state index in [4.69, 9.17) is 16.3 Å². The molecule has 2 heterocycles. The summed E-state index contributed by atoms with van der Waals surface area (Å²) in [5.41, 5.74) is 0.829. The van der Waals surface area contributed by atoms with Crippen LogP contribution in [-0.4, -0.2) is 40.0 Å². The number of benzene rings is 1. The lowest BCUT2D eigenvalue weighted by molar-refractivity contribution is -0.128. The van der Waals surface area contributed by atoms with Crippen LogP contribution in [0.4, 0.5) is 0 Å². The Morgan fingerprint density at radius 2 is 2.04 bits per heavy atom. The molecule has 1 aliphatic rings. The summed E-state index contributed by atoms with van der Waals surface area (Å²) in [5.74, 6) is -0.0443. The number of nitrogens with zero attached hydrogens (tertiary/aromatic N) is 3. The molecule has 0 spiro atoms.